The molecule has 2 N–H and O–H groups in total. The zero-order valence-electron chi connectivity index (χ0n) is 19.6. The molecule has 0 aliphatic rings. The van der Waals surface area contributed by atoms with Gasteiger partial charge in [0.2, 0.25) is 5.91 Å². The summed E-state index contributed by atoms with van der Waals surface area (Å²) < 4.78 is 6.95. The Hall–Kier alpha value is -4.43. The summed E-state index contributed by atoms with van der Waals surface area (Å²) in [5, 5.41) is 10.1. The number of benzene rings is 3. The summed E-state index contributed by atoms with van der Waals surface area (Å²) >= 11 is 0. The normalized spacial score (nSPS) is 10.7. The summed E-state index contributed by atoms with van der Waals surface area (Å²) in [6.45, 7) is 0.713. The first-order valence-electron chi connectivity index (χ1n) is 11.1. The van der Waals surface area contributed by atoms with Crippen LogP contribution in [0, 0.1) is 0 Å². The van der Waals surface area contributed by atoms with Crippen molar-refractivity contribution in [2.24, 2.45) is 0 Å². The number of rotatable bonds is 9. The number of methoxy groups -OCH3 is 1. The molecule has 0 saturated heterocycles. The van der Waals surface area contributed by atoms with E-state index in [1.807, 2.05) is 48.5 Å². The second-order valence-corrected chi connectivity index (χ2v) is 8.08. The zero-order chi connectivity index (χ0) is 24.6. The van der Waals surface area contributed by atoms with Crippen LogP contribution in [0.4, 0.5) is 11.4 Å². The molecule has 0 unspecified atom stereocenters. The topological polar surface area (TPSA) is 88.5 Å². The van der Waals surface area contributed by atoms with E-state index in [4.69, 9.17) is 4.74 Å². The number of hydrogen-bond acceptors (Lipinski definition) is 5. The molecule has 8 heteroatoms. The summed E-state index contributed by atoms with van der Waals surface area (Å²) in [5.74, 6) is 0.174. The minimum Gasteiger partial charge on any atom is -0.497 e. The third-order valence-corrected chi connectivity index (χ3v) is 5.32. The third kappa shape index (κ3) is 6.33. The van der Waals surface area contributed by atoms with E-state index >= 15 is 0 Å². The van der Waals surface area contributed by atoms with Gasteiger partial charge in [-0.1, -0.05) is 30.3 Å². The molecule has 0 aliphatic heterocycles. The Labute approximate surface area is 204 Å². The van der Waals surface area contributed by atoms with Gasteiger partial charge in [0.1, 0.15) is 5.75 Å². The van der Waals surface area contributed by atoms with Crippen LogP contribution in [0.15, 0.2) is 91.3 Å². The van der Waals surface area contributed by atoms with Gasteiger partial charge in [0.05, 0.1) is 36.8 Å². The quantitative estimate of drug-likeness (QED) is 0.384. The van der Waals surface area contributed by atoms with Crippen molar-refractivity contribution in [1.29, 1.82) is 0 Å². The lowest BCUT2D eigenvalue weighted by Crippen LogP contribution is -2.30. The van der Waals surface area contributed by atoms with Crippen molar-refractivity contribution in [3.8, 4) is 11.4 Å². The first-order chi connectivity index (χ1) is 17.0. The minimum absolute atomic E-state index is 0.158. The van der Waals surface area contributed by atoms with Crippen molar-refractivity contribution in [2.45, 2.75) is 6.54 Å². The zero-order valence-corrected chi connectivity index (χ0v) is 19.6. The van der Waals surface area contributed by atoms with Gasteiger partial charge in [-0.05, 0) is 55.6 Å². The molecule has 1 aromatic heterocycles. The number of carbonyl (C=O) groups excluding carboxylic acids is 2. The number of aromatic nitrogens is 2. The first kappa shape index (κ1) is 23.7. The van der Waals surface area contributed by atoms with Crippen LogP contribution in [-0.4, -0.2) is 47.2 Å². The van der Waals surface area contributed by atoms with E-state index in [-0.39, 0.29) is 18.4 Å². The largest absolute Gasteiger partial charge is 0.497 e. The molecule has 0 saturated carbocycles. The van der Waals surface area contributed by atoms with Crippen LogP contribution in [0.5, 0.6) is 5.75 Å². The van der Waals surface area contributed by atoms with Gasteiger partial charge in [0.25, 0.3) is 5.91 Å². The summed E-state index contributed by atoms with van der Waals surface area (Å²) in [6, 6.07) is 23.8. The van der Waals surface area contributed by atoms with Crippen LogP contribution in [0.2, 0.25) is 0 Å². The molecule has 3 aromatic carbocycles. The van der Waals surface area contributed by atoms with Gasteiger partial charge < -0.3 is 15.4 Å². The fourth-order valence-corrected chi connectivity index (χ4v) is 3.63. The molecular formula is C27H27N5O3. The molecule has 2 amide bonds. The monoisotopic (exact) mass is 469 g/mol. The first-order valence-corrected chi connectivity index (χ1v) is 11.1. The van der Waals surface area contributed by atoms with Gasteiger partial charge in [-0.2, -0.15) is 5.10 Å². The number of nitrogens with zero attached hydrogens (tertiary/aromatic N) is 3. The predicted molar refractivity (Wildman–Crippen MR) is 136 cm³/mol. The summed E-state index contributed by atoms with van der Waals surface area (Å²) in [7, 11) is 3.45. The minimum atomic E-state index is -0.312. The summed E-state index contributed by atoms with van der Waals surface area (Å²) in [4.78, 5) is 27.5. The lowest BCUT2D eigenvalue weighted by atomic mass is 10.1. The lowest BCUT2D eigenvalue weighted by Gasteiger charge is -2.16. The highest BCUT2D eigenvalue weighted by atomic mass is 16.5. The third-order valence-electron chi connectivity index (χ3n) is 5.32. The standard InChI is InChI=1S/C27H27N5O3/c1-31(17-20-16-28-32(18-20)22-8-4-3-5-9-22)19-26(33)30-25-11-7-6-10-24(25)27(34)29-21-12-14-23(35-2)15-13-21/h3-16,18H,17,19H2,1-2H3,(H,29,34)(H,30,33). The smallest absolute Gasteiger partial charge is 0.257 e. The maximum Gasteiger partial charge on any atom is 0.257 e. The summed E-state index contributed by atoms with van der Waals surface area (Å²) in [6.07, 6.45) is 3.74. The second kappa shape index (κ2) is 11.1. The van der Waals surface area contributed by atoms with Crippen LogP contribution in [-0.2, 0) is 11.3 Å². The Balaban J connectivity index is 1.35. The molecule has 0 bridgehead atoms. The Morgan fingerprint density at radius 1 is 0.943 bits per heavy atom. The fourth-order valence-electron chi connectivity index (χ4n) is 3.63. The molecule has 0 radical (unpaired) electrons. The fraction of sp³-hybridized carbons (Fsp3) is 0.148. The van der Waals surface area contributed by atoms with Gasteiger partial charge >= 0.3 is 0 Å². The molecule has 1 heterocycles. The van der Waals surface area contributed by atoms with Crippen LogP contribution >= 0.6 is 0 Å². The Bertz CT molecular complexity index is 1290. The Morgan fingerprint density at radius 3 is 2.40 bits per heavy atom. The SMILES string of the molecule is COc1ccc(NC(=O)c2ccccc2NC(=O)CN(C)Cc2cnn(-c3ccccc3)c2)cc1. The van der Waals surface area contributed by atoms with E-state index in [1.165, 1.54) is 0 Å². The number of amides is 2. The van der Waals surface area contributed by atoms with Gasteiger partial charge in [0.15, 0.2) is 0 Å². The number of ether oxygens (including phenoxy) is 1. The molecule has 35 heavy (non-hydrogen) atoms. The molecule has 4 rings (SSSR count). The Kier molecular flexibility index (Phi) is 7.54. The van der Waals surface area contributed by atoms with Gasteiger partial charge in [-0.25, -0.2) is 4.68 Å². The highest BCUT2D eigenvalue weighted by Gasteiger charge is 2.15. The van der Waals surface area contributed by atoms with E-state index < -0.39 is 0 Å². The lowest BCUT2D eigenvalue weighted by molar-refractivity contribution is -0.117. The van der Waals surface area contributed by atoms with Crippen LogP contribution < -0.4 is 15.4 Å². The van der Waals surface area contributed by atoms with E-state index in [0.717, 1.165) is 11.3 Å². The van der Waals surface area contributed by atoms with Crippen molar-refractivity contribution in [1.82, 2.24) is 14.7 Å². The van der Waals surface area contributed by atoms with Crippen LogP contribution in [0.3, 0.4) is 0 Å². The molecule has 178 valence electrons. The molecule has 0 atom stereocenters. The van der Waals surface area contributed by atoms with Crippen molar-refractivity contribution >= 4 is 23.2 Å². The molecule has 0 aliphatic carbocycles. The van der Waals surface area contributed by atoms with Crippen molar-refractivity contribution < 1.29 is 14.3 Å². The van der Waals surface area contributed by atoms with Crippen molar-refractivity contribution in [3.63, 3.8) is 0 Å². The molecule has 0 fully saturated rings. The molecule has 4 aromatic rings. The van der Waals surface area contributed by atoms with Crippen LogP contribution in [0.1, 0.15) is 15.9 Å². The molecule has 8 nitrogen and oxygen atoms in total. The maximum atomic E-state index is 12.8. The van der Waals surface area contributed by atoms with E-state index in [9.17, 15) is 9.59 Å². The number of likely N-dealkylation sites (N-methyl/N-ethyl adjacent to an activating group) is 1. The van der Waals surface area contributed by atoms with Gasteiger partial charge in [0, 0.05) is 24.0 Å². The highest BCUT2D eigenvalue weighted by Crippen LogP contribution is 2.19. The summed E-state index contributed by atoms with van der Waals surface area (Å²) in [5.41, 5.74) is 3.43. The average Bonchev–Trinajstić information content (AvgIpc) is 3.33. The average molecular weight is 470 g/mol. The van der Waals surface area contributed by atoms with Crippen molar-refractivity contribution in [2.75, 3.05) is 31.3 Å². The van der Waals surface area contributed by atoms with E-state index in [0.29, 0.717) is 29.2 Å². The maximum absolute atomic E-state index is 12.8. The van der Waals surface area contributed by atoms with Gasteiger partial charge in [-0.15, -0.1) is 0 Å². The highest BCUT2D eigenvalue weighted by molar-refractivity contribution is 6.10. The Morgan fingerprint density at radius 2 is 1.66 bits per heavy atom. The van der Waals surface area contributed by atoms with E-state index in [2.05, 4.69) is 15.7 Å². The van der Waals surface area contributed by atoms with E-state index in [1.54, 1.807) is 66.5 Å². The predicted octanol–water partition coefficient (Wildman–Crippen LogP) is 4.20. The number of para-hydroxylation sites is 2. The molecule has 0 spiro atoms. The number of carbonyl (C=O) groups is 2. The van der Waals surface area contributed by atoms with Gasteiger partial charge in [-0.3, -0.25) is 14.5 Å². The number of nitrogens with one attached hydrogen (secondary N) is 2. The number of anilines is 2. The molecular weight excluding hydrogens is 442 g/mol. The second-order valence-electron chi connectivity index (χ2n) is 8.08. The number of hydrogen-bond donors (Lipinski definition) is 2. The van der Waals surface area contributed by atoms with Crippen molar-refractivity contribution in [3.05, 3.63) is 102 Å². The van der Waals surface area contributed by atoms with Crippen LogP contribution in [0.25, 0.3) is 5.69 Å².